The number of ketones is 1. The van der Waals surface area contributed by atoms with Crippen molar-refractivity contribution in [3.05, 3.63) is 64.1 Å². The first-order chi connectivity index (χ1) is 8.70. The highest BCUT2D eigenvalue weighted by atomic mass is 79.9. The summed E-state index contributed by atoms with van der Waals surface area (Å²) in [5.74, 6) is 0.801. The van der Waals surface area contributed by atoms with Crippen molar-refractivity contribution in [2.24, 2.45) is 0 Å². The Kier molecular flexibility index (Phi) is 4.15. The molecule has 3 heteroatoms. The lowest BCUT2D eigenvalue weighted by Gasteiger charge is -2.04. The number of rotatable bonds is 4. The van der Waals surface area contributed by atoms with Gasteiger partial charge in [0.1, 0.15) is 5.75 Å². The standard InChI is InChI=1S/C15H13BrO2/c1-2-18-14-9-5-12(6-10-14)15(17)11-3-7-13(16)8-4-11/h3-10H,2H2,1H3. The van der Waals surface area contributed by atoms with Gasteiger partial charge in [0.2, 0.25) is 0 Å². The van der Waals surface area contributed by atoms with Gasteiger partial charge in [-0.2, -0.15) is 0 Å². The average molecular weight is 305 g/mol. The van der Waals surface area contributed by atoms with Crippen molar-refractivity contribution < 1.29 is 9.53 Å². The zero-order valence-electron chi connectivity index (χ0n) is 10.0. The Labute approximate surface area is 115 Å². The van der Waals surface area contributed by atoms with Crippen LogP contribution < -0.4 is 4.74 Å². The Hall–Kier alpha value is -1.61. The molecule has 0 radical (unpaired) electrons. The molecule has 18 heavy (non-hydrogen) atoms. The van der Waals surface area contributed by atoms with E-state index in [-0.39, 0.29) is 5.78 Å². The molecule has 0 heterocycles. The summed E-state index contributed by atoms with van der Waals surface area (Å²) < 4.78 is 6.31. The Morgan fingerprint density at radius 3 is 2.00 bits per heavy atom. The summed E-state index contributed by atoms with van der Waals surface area (Å²) in [5, 5.41) is 0. The molecule has 0 aromatic heterocycles. The first-order valence-electron chi connectivity index (χ1n) is 5.74. The second-order valence-corrected chi connectivity index (χ2v) is 4.71. The molecule has 2 aromatic carbocycles. The molecule has 0 fully saturated rings. The zero-order chi connectivity index (χ0) is 13.0. The van der Waals surface area contributed by atoms with Gasteiger partial charge in [0.25, 0.3) is 0 Å². The van der Waals surface area contributed by atoms with Crippen molar-refractivity contribution >= 4 is 21.7 Å². The second kappa shape index (κ2) is 5.83. The fraction of sp³-hybridized carbons (Fsp3) is 0.133. The molecule has 0 spiro atoms. The normalized spacial score (nSPS) is 10.1. The van der Waals surface area contributed by atoms with Crippen LogP contribution in [0.15, 0.2) is 53.0 Å². The molecule has 92 valence electrons. The Bertz CT molecular complexity index is 529. The van der Waals surface area contributed by atoms with Crippen LogP contribution in [0.2, 0.25) is 0 Å². The third-order valence-corrected chi connectivity index (χ3v) is 3.06. The minimum Gasteiger partial charge on any atom is -0.494 e. The highest BCUT2D eigenvalue weighted by Gasteiger charge is 2.08. The van der Waals surface area contributed by atoms with Gasteiger partial charge in [0.05, 0.1) is 6.61 Å². The van der Waals surface area contributed by atoms with Crippen LogP contribution in [-0.4, -0.2) is 12.4 Å². The number of benzene rings is 2. The zero-order valence-corrected chi connectivity index (χ0v) is 11.6. The van der Waals surface area contributed by atoms with E-state index in [0.717, 1.165) is 10.2 Å². The van der Waals surface area contributed by atoms with E-state index in [1.54, 1.807) is 12.1 Å². The first-order valence-corrected chi connectivity index (χ1v) is 6.53. The molecule has 0 aliphatic rings. The third-order valence-electron chi connectivity index (χ3n) is 2.53. The number of hydrogen-bond donors (Lipinski definition) is 0. The van der Waals surface area contributed by atoms with Crippen molar-refractivity contribution in [2.75, 3.05) is 6.61 Å². The second-order valence-electron chi connectivity index (χ2n) is 3.79. The van der Waals surface area contributed by atoms with E-state index in [1.807, 2.05) is 43.3 Å². The smallest absolute Gasteiger partial charge is 0.193 e. The third kappa shape index (κ3) is 2.99. The van der Waals surface area contributed by atoms with Crippen LogP contribution in [-0.2, 0) is 0 Å². The van der Waals surface area contributed by atoms with Crippen molar-refractivity contribution in [3.8, 4) is 5.75 Å². The van der Waals surface area contributed by atoms with Crippen molar-refractivity contribution in [2.45, 2.75) is 6.92 Å². The molecule has 0 amide bonds. The molecular formula is C15H13BrO2. The maximum absolute atomic E-state index is 12.2. The van der Waals surface area contributed by atoms with Crippen LogP contribution in [0, 0.1) is 0 Å². The number of carbonyl (C=O) groups excluding carboxylic acids is 1. The quantitative estimate of drug-likeness (QED) is 0.796. The van der Waals surface area contributed by atoms with E-state index in [0.29, 0.717) is 17.7 Å². The van der Waals surface area contributed by atoms with Crippen LogP contribution >= 0.6 is 15.9 Å². The molecule has 0 saturated heterocycles. The van der Waals surface area contributed by atoms with E-state index in [1.165, 1.54) is 0 Å². The van der Waals surface area contributed by atoms with E-state index in [2.05, 4.69) is 15.9 Å². The fourth-order valence-electron chi connectivity index (χ4n) is 1.64. The maximum Gasteiger partial charge on any atom is 0.193 e. The Morgan fingerprint density at radius 2 is 1.50 bits per heavy atom. The van der Waals surface area contributed by atoms with Gasteiger partial charge in [-0.1, -0.05) is 15.9 Å². The molecule has 0 bridgehead atoms. The summed E-state index contributed by atoms with van der Waals surface area (Å²) >= 11 is 3.35. The number of hydrogen-bond acceptors (Lipinski definition) is 2. The number of carbonyl (C=O) groups is 1. The van der Waals surface area contributed by atoms with Crippen LogP contribution in [0.25, 0.3) is 0 Å². The van der Waals surface area contributed by atoms with Crippen molar-refractivity contribution in [1.29, 1.82) is 0 Å². The number of ether oxygens (including phenoxy) is 1. The summed E-state index contributed by atoms with van der Waals surface area (Å²) in [7, 11) is 0. The fourth-order valence-corrected chi connectivity index (χ4v) is 1.90. The molecule has 2 rings (SSSR count). The van der Waals surface area contributed by atoms with Crippen molar-refractivity contribution in [3.63, 3.8) is 0 Å². The predicted molar refractivity (Wildman–Crippen MR) is 75.2 cm³/mol. The molecule has 0 atom stereocenters. The van der Waals surface area contributed by atoms with Gasteiger partial charge in [0.15, 0.2) is 5.78 Å². The van der Waals surface area contributed by atoms with E-state index in [4.69, 9.17) is 4.74 Å². The average Bonchev–Trinajstić information content (AvgIpc) is 2.40. The largest absolute Gasteiger partial charge is 0.494 e. The summed E-state index contributed by atoms with van der Waals surface area (Å²) in [6, 6.07) is 14.5. The molecule has 0 saturated carbocycles. The Morgan fingerprint density at radius 1 is 1.00 bits per heavy atom. The van der Waals surface area contributed by atoms with Crippen LogP contribution in [0.1, 0.15) is 22.8 Å². The van der Waals surface area contributed by atoms with Crippen LogP contribution in [0.3, 0.4) is 0 Å². The lowest BCUT2D eigenvalue weighted by Crippen LogP contribution is -2.01. The topological polar surface area (TPSA) is 26.3 Å². The molecule has 2 aromatic rings. The molecular weight excluding hydrogens is 292 g/mol. The molecule has 0 aliphatic carbocycles. The van der Waals surface area contributed by atoms with E-state index >= 15 is 0 Å². The SMILES string of the molecule is CCOc1ccc(C(=O)c2ccc(Br)cc2)cc1. The number of halogens is 1. The highest BCUT2D eigenvalue weighted by molar-refractivity contribution is 9.10. The van der Waals surface area contributed by atoms with Gasteiger partial charge in [-0.25, -0.2) is 0 Å². The van der Waals surface area contributed by atoms with Gasteiger partial charge in [0, 0.05) is 15.6 Å². The summed E-state index contributed by atoms with van der Waals surface area (Å²) in [6.45, 7) is 2.56. The van der Waals surface area contributed by atoms with E-state index in [9.17, 15) is 4.79 Å². The predicted octanol–water partition coefficient (Wildman–Crippen LogP) is 4.08. The van der Waals surface area contributed by atoms with Crippen LogP contribution in [0.5, 0.6) is 5.75 Å². The summed E-state index contributed by atoms with van der Waals surface area (Å²) in [6.07, 6.45) is 0. The minimum absolute atomic E-state index is 0.0190. The minimum atomic E-state index is 0.0190. The molecule has 2 nitrogen and oxygen atoms in total. The molecule has 0 N–H and O–H groups in total. The van der Waals surface area contributed by atoms with Crippen LogP contribution in [0.4, 0.5) is 0 Å². The molecule has 0 unspecified atom stereocenters. The summed E-state index contributed by atoms with van der Waals surface area (Å²) in [4.78, 5) is 12.2. The van der Waals surface area contributed by atoms with Gasteiger partial charge < -0.3 is 4.74 Å². The van der Waals surface area contributed by atoms with Gasteiger partial charge in [-0.15, -0.1) is 0 Å². The lowest BCUT2D eigenvalue weighted by molar-refractivity contribution is 0.103. The highest BCUT2D eigenvalue weighted by Crippen LogP contribution is 2.17. The van der Waals surface area contributed by atoms with Crippen molar-refractivity contribution in [1.82, 2.24) is 0 Å². The van der Waals surface area contributed by atoms with E-state index < -0.39 is 0 Å². The monoisotopic (exact) mass is 304 g/mol. The maximum atomic E-state index is 12.2. The summed E-state index contributed by atoms with van der Waals surface area (Å²) in [5.41, 5.74) is 1.35. The Balaban J connectivity index is 2.20. The van der Waals surface area contributed by atoms with Gasteiger partial charge >= 0.3 is 0 Å². The first kappa shape index (κ1) is 12.8. The lowest BCUT2D eigenvalue weighted by atomic mass is 10.0. The van der Waals surface area contributed by atoms with Gasteiger partial charge in [-0.05, 0) is 55.5 Å². The van der Waals surface area contributed by atoms with Gasteiger partial charge in [-0.3, -0.25) is 4.79 Å². The molecule has 0 aliphatic heterocycles.